The molecule has 0 amide bonds. The van der Waals surface area contributed by atoms with Crippen molar-refractivity contribution in [3.05, 3.63) is 29.1 Å². The van der Waals surface area contributed by atoms with Crippen molar-refractivity contribution in [3.63, 3.8) is 0 Å². The largest absolute Gasteiger partial charge is 0.478 e. The number of hydrogen-bond acceptors (Lipinski definition) is 2. The molecular weight excluding hydrogens is 211 g/mol. The Hall–Kier alpha value is -1.27. The monoisotopic (exact) mass is 218 g/mol. The highest BCUT2D eigenvalue weighted by molar-refractivity contribution is 7.79. The van der Waals surface area contributed by atoms with Crippen LogP contribution in [0.4, 0.5) is 4.39 Å². The molecule has 0 aliphatic heterocycles. The van der Waals surface area contributed by atoms with Gasteiger partial charge in [0.1, 0.15) is 10.7 Å². The highest BCUT2D eigenvalue weighted by atomic mass is 32.2. The highest BCUT2D eigenvalue weighted by Crippen LogP contribution is 2.17. The van der Waals surface area contributed by atoms with Gasteiger partial charge in [0.05, 0.1) is 5.56 Å². The lowest BCUT2D eigenvalue weighted by atomic mass is 10.1. The standard InChI is InChI=1S/C8H7FO4S/c1-4-2-6(9)7(14(12)13)3-5(4)8(10)11/h2-3H,1H3,(H,10,11)(H,12,13). The second-order valence-electron chi connectivity index (χ2n) is 2.65. The molecule has 14 heavy (non-hydrogen) atoms. The Kier molecular flexibility index (Phi) is 2.97. The number of carbonyl (C=O) groups is 1. The van der Waals surface area contributed by atoms with Crippen molar-refractivity contribution in [2.75, 3.05) is 0 Å². The van der Waals surface area contributed by atoms with Crippen molar-refractivity contribution in [1.82, 2.24) is 0 Å². The van der Waals surface area contributed by atoms with Crippen molar-refractivity contribution in [2.24, 2.45) is 0 Å². The van der Waals surface area contributed by atoms with Crippen LogP contribution in [0.3, 0.4) is 0 Å². The molecule has 0 radical (unpaired) electrons. The summed E-state index contributed by atoms with van der Waals surface area (Å²) in [5.41, 5.74) is 0.0352. The quantitative estimate of drug-likeness (QED) is 0.736. The Morgan fingerprint density at radius 2 is 2.07 bits per heavy atom. The van der Waals surface area contributed by atoms with Crippen LogP contribution in [0.15, 0.2) is 17.0 Å². The van der Waals surface area contributed by atoms with Crippen LogP contribution in [-0.4, -0.2) is 19.8 Å². The summed E-state index contributed by atoms with van der Waals surface area (Å²) >= 11 is -2.51. The van der Waals surface area contributed by atoms with Crippen molar-refractivity contribution in [2.45, 2.75) is 11.8 Å². The third kappa shape index (κ3) is 1.97. The van der Waals surface area contributed by atoms with Crippen LogP contribution in [0.1, 0.15) is 15.9 Å². The fraction of sp³-hybridized carbons (Fsp3) is 0.125. The van der Waals surface area contributed by atoms with E-state index in [-0.39, 0.29) is 11.1 Å². The number of aryl methyl sites for hydroxylation is 1. The summed E-state index contributed by atoms with van der Waals surface area (Å²) in [5, 5.41) is 8.66. The molecule has 0 aliphatic carbocycles. The van der Waals surface area contributed by atoms with Gasteiger partial charge >= 0.3 is 5.97 Å². The molecule has 2 N–H and O–H groups in total. The lowest BCUT2D eigenvalue weighted by Gasteiger charge is -2.03. The third-order valence-electron chi connectivity index (χ3n) is 1.70. The topological polar surface area (TPSA) is 74.6 Å². The van der Waals surface area contributed by atoms with E-state index in [9.17, 15) is 13.4 Å². The number of carboxylic acid groups (broad SMARTS) is 1. The first-order valence-electron chi connectivity index (χ1n) is 3.57. The van der Waals surface area contributed by atoms with E-state index >= 15 is 0 Å². The van der Waals surface area contributed by atoms with E-state index < -0.39 is 27.8 Å². The van der Waals surface area contributed by atoms with Gasteiger partial charge < -0.3 is 9.66 Å². The van der Waals surface area contributed by atoms with Crippen LogP contribution in [0, 0.1) is 12.7 Å². The molecule has 0 heterocycles. The minimum absolute atomic E-state index is 0.177. The zero-order chi connectivity index (χ0) is 10.9. The molecule has 0 bridgehead atoms. The Balaban J connectivity index is 3.42. The van der Waals surface area contributed by atoms with Crippen LogP contribution in [-0.2, 0) is 11.1 Å². The number of benzene rings is 1. The minimum atomic E-state index is -2.51. The van der Waals surface area contributed by atoms with Crippen molar-refractivity contribution < 1.29 is 23.1 Å². The smallest absolute Gasteiger partial charge is 0.335 e. The predicted octanol–water partition coefficient (Wildman–Crippen LogP) is 1.41. The van der Waals surface area contributed by atoms with E-state index in [4.69, 9.17) is 9.66 Å². The molecular formula is C8H7FO4S. The van der Waals surface area contributed by atoms with Gasteiger partial charge in [0.2, 0.25) is 0 Å². The minimum Gasteiger partial charge on any atom is -0.478 e. The van der Waals surface area contributed by atoms with Crippen molar-refractivity contribution in [3.8, 4) is 0 Å². The summed E-state index contributed by atoms with van der Waals surface area (Å²) in [5.74, 6) is -2.14. The fourth-order valence-corrected chi connectivity index (χ4v) is 1.46. The van der Waals surface area contributed by atoms with E-state index in [1.165, 1.54) is 6.92 Å². The van der Waals surface area contributed by atoms with Gasteiger partial charge in [-0.2, -0.15) is 0 Å². The van der Waals surface area contributed by atoms with Gasteiger partial charge in [-0.25, -0.2) is 13.4 Å². The van der Waals surface area contributed by atoms with Crippen LogP contribution in [0.5, 0.6) is 0 Å². The molecule has 0 fully saturated rings. The summed E-state index contributed by atoms with van der Waals surface area (Å²) in [4.78, 5) is 10.1. The normalized spacial score (nSPS) is 12.5. The summed E-state index contributed by atoms with van der Waals surface area (Å²) in [6.45, 7) is 1.41. The second kappa shape index (κ2) is 3.85. The second-order valence-corrected chi connectivity index (χ2v) is 3.59. The molecule has 0 saturated heterocycles. The molecule has 1 atom stereocenters. The van der Waals surface area contributed by atoms with Gasteiger partial charge in [0.25, 0.3) is 0 Å². The van der Waals surface area contributed by atoms with E-state index in [1.54, 1.807) is 0 Å². The van der Waals surface area contributed by atoms with E-state index in [0.29, 0.717) is 0 Å². The Morgan fingerprint density at radius 1 is 1.50 bits per heavy atom. The van der Waals surface area contributed by atoms with Crippen LogP contribution >= 0.6 is 0 Å². The zero-order valence-corrected chi connectivity index (χ0v) is 7.97. The van der Waals surface area contributed by atoms with Crippen LogP contribution in [0.25, 0.3) is 0 Å². The average molecular weight is 218 g/mol. The summed E-state index contributed by atoms with van der Waals surface area (Å²) < 4.78 is 32.2. The molecule has 1 aromatic carbocycles. The summed E-state index contributed by atoms with van der Waals surface area (Å²) in [6, 6.07) is 1.79. The van der Waals surface area contributed by atoms with E-state index in [1.807, 2.05) is 0 Å². The van der Waals surface area contributed by atoms with E-state index in [2.05, 4.69) is 0 Å². The molecule has 0 aromatic heterocycles. The molecule has 0 saturated carbocycles. The lowest BCUT2D eigenvalue weighted by molar-refractivity contribution is 0.0695. The van der Waals surface area contributed by atoms with Gasteiger partial charge in [-0.3, -0.25) is 0 Å². The maximum atomic E-state index is 13.0. The van der Waals surface area contributed by atoms with E-state index in [0.717, 1.165) is 12.1 Å². The maximum absolute atomic E-state index is 13.0. The molecule has 76 valence electrons. The van der Waals surface area contributed by atoms with Gasteiger partial charge in [-0.1, -0.05) is 0 Å². The highest BCUT2D eigenvalue weighted by Gasteiger charge is 2.15. The molecule has 6 heteroatoms. The average Bonchev–Trinajstić information content (AvgIpc) is 2.02. The third-order valence-corrected chi connectivity index (χ3v) is 2.39. The van der Waals surface area contributed by atoms with Crippen LogP contribution in [0.2, 0.25) is 0 Å². The molecule has 0 aliphatic rings. The molecule has 4 nitrogen and oxygen atoms in total. The fourth-order valence-electron chi connectivity index (χ4n) is 1.02. The van der Waals surface area contributed by atoms with Gasteiger partial charge in [-0.15, -0.1) is 0 Å². The first-order valence-corrected chi connectivity index (χ1v) is 4.68. The number of halogens is 1. The Bertz CT molecular complexity index is 381. The number of hydrogen-bond donors (Lipinski definition) is 2. The number of carboxylic acids is 1. The first-order chi connectivity index (χ1) is 6.43. The Morgan fingerprint density at radius 3 is 2.50 bits per heavy atom. The van der Waals surface area contributed by atoms with Gasteiger partial charge in [0, 0.05) is 0 Å². The Labute approximate surface area is 81.7 Å². The molecule has 0 spiro atoms. The van der Waals surface area contributed by atoms with Crippen molar-refractivity contribution in [1.29, 1.82) is 0 Å². The number of rotatable bonds is 2. The summed E-state index contributed by atoms with van der Waals surface area (Å²) in [6.07, 6.45) is 0. The first kappa shape index (κ1) is 10.8. The number of aromatic carboxylic acids is 1. The molecule has 1 rings (SSSR count). The maximum Gasteiger partial charge on any atom is 0.335 e. The predicted molar refractivity (Wildman–Crippen MR) is 47.1 cm³/mol. The summed E-state index contributed by atoms with van der Waals surface area (Å²) in [7, 11) is 0. The van der Waals surface area contributed by atoms with Gasteiger partial charge in [-0.05, 0) is 24.6 Å². The molecule has 1 aromatic rings. The molecule has 1 unspecified atom stereocenters. The zero-order valence-electron chi connectivity index (χ0n) is 7.15. The van der Waals surface area contributed by atoms with Crippen molar-refractivity contribution >= 4 is 17.0 Å². The lowest BCUT2D eigenvalue weighted by Crippen LogP contribution is -2.04. The van der Waals surface area contributed by atoms with Gasteiger partial charge in [0.15, 0.2) is 11.1 Å². The SMILES string of the molecule is Cc1cc(F)c(S(=O)O)cc1C(=O)O. The van der Waals surface area contributed by atoms with Crippen LogP contribution < -0.4 is 0 Å².